The van der Waals surface area contributed by atoms with Crippen LogP contribution in [0.2, 0.25) is 0 Å². The van der Waals surface area contributed by atoms with Crippen molar-refractivity contribution >= 4 is 17.2 Å². The Morgan fingerprint density at radius 2 is 2.21 bits per heavy atom. The lowest BCUT2D eigenvalue weighted by Crippen LogP contribution is -2.42. The van der Waals surface area contributed by atoms with Gasteiger partial charge in [-0.15, -0.1) is 11.3 Å². The SMILES string of the molecule is CC(C)Cn1nc(C(=O)N2CCOCC2)c2c1CC[C@@H](NCCc1cccs1)C2. The Kier molecular flexibility index (Phi) is 6.67. The third-order valence-electron chi connectivity index (χ3n) is 5.77. The van der Waals surface area contributed by atoms with Crippen LogP contribution in [0.3, 0.4) is 0 Å². The lowest BCUT2D eigenvalue weighted by molar-refractivity contribution is 0.0297. The highest BCUT2D eigenvalue weighted by atomic mass is 32.1. The van der Waals surface area contributed by atoms with Gasteiger partial charge in [-0.05, 0) is 43.0 Å². The van der Waals surface area contributed by atoms with Crippen molar-refractivity contribution in [3.8, 4) is 0 Å². The molecule has 1 atom stereocenters. The molecule has 158 valence electrons. The van der Waals surface area contributed by atoms with Gasteiger partial charge in [-0.3, -0.25) is 9.48 Å². The molecule has 2 aromatic heterocycles. The summed E-state index contributed by atoms with van der Waals surface area (Å²) in [6.07, 6.45) is 4.05. The van der Waals surface area contributed by atoms with Crippen molar-refractivity contribution in [1.82, 2.24) is 20.0 Å². The zero-order valence-electron chi connectivity index (χ0n) is 17.5. The van der Waals surface area contributed by atoms with E-state index in [1.807, 2.05) is 16.2 Å². The summed E-state index contributed by atoms with van der Waals surface area (Å²) >= 11 is 1.82. The molecule has 2 aromatic rings. The fraction of sp³-hybridized carbons (Fsp3) is 0.636. The fourth-order valence-corrected chi connectivity index (χ4v) is 5.01. The zero-order valence-corrected chi connectivity index (χ0v) is 18.3. The molecule has 4 rings (SSSR count). The van der Waals surface area contributed by atoms with Crippen LogP contribution in [0.1, 0.15) is 46.9 Å². The maximum atomic E-state index is 13.2. The maximum absolute atomic E-state index is 13.2. The van der Waals surface area contributed by atoms with Crippen molar-refractivity contribution in [3.63, 3.8) is 0 Å². The van der Waals surface area contributed by atoms with Crippen molar-refractivity contribution in [3.05, 3.63) is 39.3 Å². The molecule has 1 fully saturated rings. The van der Waals surface area contributed by atoms with Gasteiger partial charge in [0.15, 0.2) is 5.69 Å². The van der Waals surface area contributed by atoms with Crippen molar-refractivity contribution in [2.75, 3.05) is 32.8 Å². The number of hydrogen-bond donors (Lipinski definition) is 1. The second-order valence-corrected chi connectivity index (χ2v) is 9.51. The second kappa shape index (κ2) is 9.41. The third-order valence-corrected chi connectivity index (χ3v) is 6.71. The van der Waals surface area contributed by atoms with Gasteiger partial charge in [0.2, 0.25) is 0 Å². The van der Waals surface area contributed by atoms with Gasteiger partial charge < -0.3 is 15.0 Å². The van der Waals surface area contributed by atoms with Gasteiger partial charge in [-0.1, -0.05) is 19.9 Å². The normalized spacial score (nSPS) is 19.6. The molecule has 1 aliphatic heterocycles. The van der Waals surface area contributed by atoms with Crippen LogP contribution >= 0.6 is 11.3 Å². The molecule has 6 nitrogen and oxygen atoms in total. The molecule has 1 N–H and O–H groups in total. The molecule has 7 heteroatoms. The van der Waals surface area contributed by atoms with Gasteiger partial charge in [-0.25, -0.2) is 0 Å². The predicted octanol–water partition coefficient (Wildman–Crippen LogP) is 2.76. The molecule has 0 spiro atoms. The molecule has 1 saturated heterocycles. The van der Waals surface area contributed by atoms with Gasteiger partial charge in [-0.2, -0.15) is 5.10 Å². The van der Waals surface area contributed by atoms with Crippen molar-refractivity contribution in [1.29, 1.82) is 0 Å². The van der Waals surface area contributed by atoms with Gasteiger partial charge in [0.25, 0.3) is 5.91 Å². The van der Waals surface area contributed by atoms with E-state index < -0.39 is 0 Å². The van der Waals surface area contributed by atoms with Crippen molar-refractivity contribution in [2.24, 2.45) is 5.92 Å². The Balaban J connectivity index is 1.49. The quantitative estimate of drug-likeness (QED) is 0.754. The van der Waals surface area contributed by atoms with E-state index in [0.717, 1.165) is 38.8 Å². The first-order valence-corrected chi connectivity index (χ1v) is 11.7. The molecule has 3 heterocycles. The molecule has 0 aromatic carbocycles. The number of nitrogens with zero attached hydrogens (tertiary/aromatic N) is 3. The van der Waals surface area contributed by atoms with E-state index in [-0.39, 0.29) is 5.91 Å². The number of thiophene rings is 1. The number of amides is 1. The average molecular weight is 417 g/mol. The number of morpholine rings is 1. The molecule has 1 amide bonds. The van der Waals surface area contributed by atoms with Crippen LogP contribution in [-0.2, 0) is 30.5 Å². The molecule has 0 radical (unpaired) electrons. The molecular formula is C22H32N4O2S. The fourth-order valence-electron chi connectivity index (χ4n) is 4.30. The van der Waals surface area contributed by atoms with Crippen LogP contribution in [0.5, 0.6) is 0 Å². The van der Waals surface area contributed by atoms with E-state index in [4.69, 9.17) is 9.84 Å². The van der Waals surface area contributed by atoms with Crippen LogP contribution in [-0.4, -0.2) is 59.5 Å². The molecule has 0 unspecified atom stereocenters. The third kappa shape index (κ3) is 4.90. The molecular weight excluding hydrogens is 384 g/mol. The first-order valence-electron chi connectivity index (χ1n) is 10.8. The van der Waals surface area contributed by atoms with Crippen LogP contribution in [0.15, 0.2) is 17.5 Å². The van der Waals surface area contributed by atoms with Crippen LogP contribution < -0.4 is 5.32 Å². The Morgan fingerprint density at radius 3 is 2.93 bits per heavy atom. The number of nitrogens with one attached hydrogen (secondary N) is 1. The highest BCUT2D eigenvalue weighted by Gasteiger charge is 2.31. The maximum Gasteiger partial charge on any atom is 0.274 e. The summed E-state index contributed by atoms with van der Waals surface area (Å²) in [5, 5.41) is 10.7. The number of rotatable bonds is 7. The number of carbonyl (C=O) groups excluding carboxylic acids is 1. The summed E-state index contributed by atoms with van der Waals surface area (Å²) in [6.45, 7) is 8.81. The van der Waals surface area contributed by atoms with E-state index >= 15 is 0 Å². The first-order chi connectivity index (χ1) is 14.1. The summed E-state index contributed by atoms with van der Waals surface area (Å²) in [5.74, 6) is 0.582. The highest BCUT2D eigenvalue weighted by molar-refractivity contribution is 7.09. The largest absolute Gasteiger partial charge is 0.378 e. The van der Waals surface area contributed by atoms with E-state index in [0.29, 0.717) is 44.0 Å². The van der Waals surface area contributed by atoms with E-state index in [9.17, 15) is 4.79 Å². The van der Waals surface area contributed by atoms with E-state index in [1.165, 1.54) is 16.1 Å². The summed E-state index contributed by atoms with van der Waals surface area (Å²) in [6, 6.07) is 4.72. The zero-order chi connectivity index (χ0) is 20.2. The number of carbonyl (C=O) groups is 1. The summed E-state index contributed by atoms with van der Waals surface area (Å²) in [5.41, 5.74) is 3.11. The average Bonchev–Trinajstić information content (AvgIpc) is 3.36. The minimum absolute atomic E-state index is 0.0753. The van der Waals surface area contributed by atoms with E-state index in [2.05, 4.69) is 41.4 Å². The Hall–Kier alpha value is -1.70. The monoisotopic (exact) mass is 416 g/mol. The van der Waals surface area contributed by atoms with Gasteiger partial charge in [0, 0.05) is 48.4 Å². The number of fused-ring (bicyclic) bond motifs is 1. The van der Waals surface area contributed by atoms with Gasteiger partial charge in [0.1, 0.15) is 0 Å². The first kappa shape index (κ1) is 20.6. The highest BCUT2D eigenvalue weighted by Crippen LogP contribution is 2.27. The smallest absolute Gasteiger partial charge is 0.274 e. The lowest BCUT2D eigenvalue weighted by atomic mass is 9.90. The topological polar surface area (TPSA) is 59.4 Å². The minimum atomic E-state index is 0.0753. The van der Waals surface area contributed by atoms with Crippen LogP contribution in [0.4, 0.5) is 0 Å². The molecule has 0 saturated carbocycles. The Morgan fingerprint density at radius 1 is 1.38 bits per heavy atom. The summed E-state index contributed by atoms with van der Waals surface area (Å²) in [7, 11) is 0. The van der Waals surface area contributed by atoms with Crippen LogP contribution in [0.25, 0.3) is 0 Å². The van der Waals surface area contributed by atoms with Gasteiger partial charge >= 0.3 is 0 Å². The number of aromatic nitrogens is 2. The Labute approximate surface area is 177 Å². The Bertz CT molecular complexity index is 809. The van der Waals surface area contributed by atoms with Crippen molar-refractivity contribution < 1.29 is 9.53 Å². The van der Waals surface area contributed by atoms with E-state index in [1.54, 1.807) is 0 Å². The number of hydrogen-bond acceptors (Lipinski definition) is 5. The van der Waals surface area contributed by atoms with Crippen molar-refractivity contribution in [2.45, 2.75) is 52.1 Å². The lowest BCUT2D eigenvalue weighted by Gasteiger charge is -2.28. The molecule has 0 bridgehead atoms. The summed E-state index contributed by atoms with van der Waals surface area (Å²) in [4.78, 5) is 16.5. The van der Waals surface area contributed by atoms with Crippen LogP contribution in [0, 0.1) is 5.92 Å². The molecule has 29 heavy (non-hydrogen) atoms. The molecule has 1 aliphatic carbocycles. The number of ether oxygens (including phenoxy) is 1. The minimum Gasteiger partial charge on any atom is -0.378 e. The summed E-state index contributed by atoms with van der Waals surface area (Å²) < 4.78 is 7.53. The standard InChI is InChI=1S/C22H32N4O2S/c1-16(2)15-26-20-6-5-17(23-8-7-18-4-3-13-29-18)14-19(20)21(24-26)22(27)25-9-11-28-12-10-25/h3-4,13,16-17,23H,5-12,14-15H2,1-2H3/t17-/m1/s1. The predicted molar refractivity (Wildman–Crippen MR) is 116 cm³/mol. The second-order valence-electron chi connectivity index (χ2n) is 8.48. The molecule has 2 aliphatic rings. The van der Waals surface area contributed by atoms with Gasteiger partial charge in [0.05, 0.1) is 13.2 Å².